The van der Waals surface area contributed by atoms with Crippen molar-refractivity contribution in [3.05, 3.63) is 88.5 Å². The smallest absolute Gasteiger partial charge is 0.195 e. The van der Waals surface area contributed by atoms with Crippen molar-refractivity contribution in [2.24, 2.45) is 0 Å². The summed E-state index contributed by atoms with van der Waals surface area (Å²) in [4.78, 5) is 17.3. The molecule has 0 atom stereocenters. The molecule has 3 aromatic carbocycles. The molecule has 0 bridgehead atoms. The average molecular weight is 502 g/mol. The summed E-state index contributed by atoms with van der Waals surface area (Å²) >= 11 is 1.65. The zero-order chi connectivity index (χ0) is 25.1. The lowest BCUT2D eigenvalue weighted by Crippen LogP contribution is -2.35. The second kappa shape index (κ2) is 10.9. The largest absolute Gasteiger partial charge is 0.496 e. The van der Waals surface area contributed by atoms with Gasteiger partial charge in [-0.3, -0.25) is 9.69 Å². The molecule has 1 aromatic heterocycles. The van der Waals surface area contributed by atoms with Crippen LogP contribution >= 0.6 is 11.3 Å². The Morgan fingerprint density at radius 3 is 2.56 bits per heavy atom. The van der Waals surface area contributed by atoms with Crippen LogP contribution in [0.15, 0.2) is 60.7 Å². The number of nitrogens with zero attached hydrogens (tertiary/aromatic N) is 1. The van der Waals surface area contributed by atoms with Crippen LogP contribution in [0.4, 0.5) is 0 Å². The fourth-order valence-electron chi connectivity index (χ4n) is 4.75. The van der Waals surface area contributed by atoms with Gasteiger partial charge in [0.05, 0.1) is 20.3 Å². The number of aliphatic hydroxyl groups is 1. The molecule has 0 amide bonds. The van der Waals surface area contributed by atoms with Gasteiger partial charge in [-0.25, -0.2) is 0 Å². The Bertz CT molecular complexity index is 1370. The number of morpholine rings is 1. The molecule has 1 fully saturated rings. The van der Waals surface area contributed by atoms with Crippen LogP contribution in [0.1, 0.15) is 32.6 Å². The van der Waals surface area contributed by atoms with Gasteiger partial charge in [0.25, 0.3) is 0 Å². The second-order valence-electron chi connectivity index (χ2n) is 9.22. The summed E-state index contributed by atoms with van der Waals surface area (Å²) in [5.41, 5.74) is 5.67. The zero-order valence-electron chi connectivity index (χ0n) is 20.8. The van der Waals surface area contributed by atoms with Crippen LogP contribution in [0, 0.1) is 6.92 Å². The predicted octanol–water partition coefficient (Wildman–Crippen LogP) is 5.48. The lowest BCUT2D eigenvalue weighted by Gasteiger charge is -2.27. The molecule has 1 aliphatic heterocycles. The lowest BCUT2D eigenvalue weighted by atomic mass is 9.95. The Labute approximate surface area is 215 Å². The molecule has 0 radical (unpaired) electrons. The molecule has 0 spiro atoms. The highest BCUT2D eigenvalue weighted by molar-refractivity contribution is 7.22. The summed E-state index contributed by atoms with van der Waals surface area (Å²) in [6, 6.07) is 20.2. The average Bonchev–Trinajstić information content (AvgIpc) is 3.28. The van der Waals surface area contributed by atoms with E-state index in [2.05, 4.69) is 30.0 Å². The van der Waals surface area contributed by atoms with Gasteiger partial charge in [0.2, 0.25) is 0 Å². The van der Waals surface area contributed by atoms with Crippen LogP contribution in [0.3, 0.4) is 0 Å². The number of benzene rings is 3. The topological polar surface area (TPSA) is 59.0 Å². The van der Waals surface area contributed by atoms with Gasteiger partial charge in [0, 0.05) is 57.9 Å². The summed E-state index contributed by atoms with van der Waals surface area (Å²) in [5, 5.41) is 10.2. The first-order chi connectivity index (χ1) is 17.6. The Morgan fingerprint density at radius 2 is 1.83 bits per heavy atom. The minimum atomic E-state index is -0.00393. The van der Waals surface area contributed by atoms with Gasteiger partial charge in [-0.05, 0) is 42.2 Å². The molecule has 1 aliphatic rings. The van der Waals surface area contributed by atoms with E-state index in [-0.39, 0.29) is 12.4 Å². The van der Waals surface area contributed by atoms with Gasteiger partial charge < -0.3 is 14.6 Å². The van der Waals surface area contributed by atoms with Crippen molar-refractivity contribution in [2.75, 3.05) is 40.0 Å². The summed E-state index contributed by atoms with van der Waals surface area (Å²) in [5.74, 6) is 0.730. The summed E-state index contributed by atoms with van der Waals surface area (Å²) in [6.07, 6.45) is 0.619. The number of hydrogen-bond donors (Lipinski definition) is 1. The molecule has 6 heteroatoms. The standard InChI is InChI=1S/C30H31NO4S/c1-20-3-10-25-27(17-20)36-30(22-6-4-21(5-7-22)11-14-32)28(25)29(33)23-8-9-24(26(18-23)34-2)19-31-12-15-35-16-13-31/h3-10,17-18,32H,11-16,19H2,1-2H3. The molecule has 1 saturated heterocycles. The lowest BCUT2D eigenvalue weighted by molar-refractivity contribution is 0.0339. The molecule has 5 rings (SSSR count). The van der Waals surface area contributed by atoms with Gasteiger partial charge in [-0.15, -0.1) is 11.3 Å². The van der Waals surface area contributed by atoms with E-state index in [1.54, 1.807) is 18.4 Å². The predicted molar refractivity (Wildman–Crippen MR) is 145 cm³/mol. The number of methoxy groups -OCH3 is 1. The number of aryl methyl sites for hydroxylation is 1. The van der Waals surface area contributed by atoms with Crippen molar-refractivity contribution < 1.29 is 19.4 Å². The molecule has 0 saturated carbocycles. The van der Waals surface area contributed by atoms with Crippen molar-refractivity contribution in [1.29, 1.82) is 0 Å². The third-order valence-electron chi connectivity index (χ3n) is 6.74. The first kappa shape index (κ1) is 24.7. The maximum Gasteiger partial charge on any atom is 0.195 e. The van der Waals surface area contributed by atoms with E-state index in [0.717, 1.165) is 75.8 Å². The highest BCUT2D eigenvalue weighted by atomic mass is 32.1. The van der Waals surface area contributed by atoms with Crippen molar-refractivity contribution in [2.45, 2.75) is 19.9 Å². The monoisotopic (exact) mass is 501 g/mol. The van der Waals surface area contributed by atoms with Crippen LogP contribution < -0.4 is 4.74 Å². The van der Waals surface area contributed by atoms with Crippen LogP contribution in [0.25, 0.3) is 20.5 Å². The summed E-state index contributed by atoms with van der Waals surface area (Å²) in [7, 11) is 1.66. The maximum absolute atomic E-state index is 14.0. The fourth-order valence-corrected chi connectivity index (χ4v) is 6.05. The quantitative estimate of drug-likeness (QED) is 0.324. The van der Waals surface area contributed by atoms with Crippen LogP contribution in [0.5, 0.6) is 5.75 Å². The van der Waals surface area contributed by atoms with Crippen LogP contribution in [-0.2, 0) is 17.7 Å². The summed E-state index contributed by atoms with van der Waals surface area (Å²) < 4.78 is 12.3. The summed E-state index contributed by atoms with van der Waals surface area (Å²) in [6.45, 7) is 6.24. The second-order valence-corrected chi connectivity index (χ2v) is 10.3. The number of aliphatic hydroxyl groups excluding tert-OH is 1. The van der Waals surface area contributed by atoms with E-state index in [9.17, 15) is 9.90 Å². The molecule has 36 heavy (non-hydrogen) atoms. The molecule has 5 nitrogen and oxygen atoms in total. The number of thiophene rings is 1. The SMILES string of the molecule is COc1cc(C(=O)c2c(-c3ccc(CCO)cc3)sc3cc(C)ccc23)ccc1CN1CCOCC1. The first-order valence-electron chi connectivity index (χ1n) is 12.3. The molecule has 0 unspecified atom stereocenters. The van der Waals surface area contributed by atoms with E-state index < -0.39 is 0 Å². The van der Waals surface area contributed by atoms with Crippen molar-refractivity contribution >= 4 is 27.2 Å². The Kier molecular flexibility index (Phi) is 7.48. The number of carbonyl (C=O) groups excluding carboxylic acids is 1. The fraction of sp³-hybridized carbons (Fsp3) is 0.300. The van der Waals surface area contributed by atoms with Gasteiger partial charge in [0.15, 0.2) is 5.78 Å². The maximum atomic E-state index is 14.0. The molecule has 2 heterocycles. The van der Waals surface area contributed by atoms with E-state index in [4.69, 9.17) is 9.47 Å². The number of fused-ring (bicyclic) bond motifs is 1. The van der Waals surface area contributed by atoms with Gasteiger partial charge in [0.1, 0.15) is 5.75 Å². The van der Waals surface area contributed by atoms with E-state index >= 15 is 0 Å². The minimum Gasteiger partial charge on any atom is -0.496 e. The molecular weight excluding hydrogens is 470 g/mol. The molecule has 4 aromatic rings. The Balaban J connectivity index is 1.54. The normalized spacial score (nSPS) is 14.3. The van der Waals surface area contributed by atoms with E-state index in [0.29, 0.717) is 12.0 Å². The molecule has 0 aliphatic carbocycles. The van der Waals surface area contributed by atoms with Crippen LogP contribution in [0.2, 0.25) is 0 Å². The molecule has 1 N–H and O–H groups in total. The van der Waals surface area contributed by atoms with Gasteiger partial charge >= 0.3 is 0 Å². The van der Waals surface area contributed by atoms with Crippen molar-refractivity contribution in [1.82, 2.24) is 4.90 Å². The minimum absolute atomic E-state index is 0.00393. The number of rotatable bonds is 8. The number of hydrogen-bond acceptors (Lipinski definition) is 6. The van der Waals surface area contributed by atoms with Gasteiger partial charge in [-0.2, -0.15) is 0 Å². The van der Waals surface area contributed by atoms with E-state index in [1.165, 1.54) is 5.56 Å². The van der Waals surface area contributed by atoms with Crippen LogP contribution in [-0.4, -0.2) is 55.8 Å². The van der Waals surface area contributed by atoms with Gasteiger partial charge in [-0.1, -0.05) is 48.5 Å². The van der Waals surface area contributed by atoms with Crippen molar-refractivity contribution in [3.63, 3.8) is 0 Å². The number of ether oxygens (including phenoxy) is 2. The third-order valence-corrected chi connectivity index (χ3v) is 7.94. The van der Waals surface area contributed by atoms with Crippen molar-refractivity contribution in [3.8, 4) is 16.2 Å². The Morgan fingerprint density at radius 1 is 1.06 bits per heavy atom. The zero-order valence-corrected chi connectivity index (χ0v) is 21.6. The molecule has 186 valence electrons. The highest BCUT2D eigenvalue weighted by Gasteiger charge is 2.23. The highest BCUT2D eigenvalue weighted by Crippen LogP contribution is 2.41. The first-order valence-corrected chi connectivity index (χ1v) is 13.1. The number of ketones is 1. The Hall–Kier alpha value is -3.03. The third kappa shape index (κ3) is 5.08. The molecular formula is C30H31NO4S. The van der Waals surface area contributed by atoms with E-state index in [1.807, 2.05) is 42.5 Å². The number of carbonyl (C=O) groups is 1.